The molecule has 15 heavy (non-hydrogen) atoms. The maximum Gasteiger partial charge on any atom is 0.310 e. The third-order valence-corrected chi connectivity index (χ3v) is 3.65. The molecule has 0 unspecified atom stereocenters. The Morgan fingerprint density at radius 1 is 1.13 bits per heavy atom. The molecule has 0 spiro atoms. The normalized spacial score (nSPS) is 17.0. The van der Waals surface area contributed by atoms with Crippen molar-refractivity contribution in [2.75, 3.05) is 0 Å². The van der Waals surface area contributed by atoms with Gasteiger partial charge in [-0.2, -0.15) is 0 Å². The Morgan fingerprint density at radius 3 is 2.07 bits per heavy atom. The van der Waals surface area contributed by atoms with E-state index in [1.165, 1.54) is 0 Å². The van der Waals surface area contributed by atoms with Crippen LogP contribution in [0.1, 0.15) is 5.56 Å². The third kappa shape index (κ3) is 3.22. The maximum atomic E-state index is 12.5. The lowest BCUT2D eigenvalue weighted by atomic mass is 10.2. The molecule has 1 aromatic rings. The molecule has 0 fully saturated rings. The first-order valence-corrected chi connectivity index (χ1v) is 6.97. The Morgan fingerprint density at radius 2 is 1.67 bits per heavy atom. The van der Waals surface area contributed by atoms with Crippen molar-refractivity contribution in [1.82, 2.24) is 0 Å². The second-order valence-electron chi connectivity index (χ2n) is 2.85. The topological polar surface area (TPSA) is 0 Å². The van der Waals surface area contributed by atoms with Crippen molar-refractivity contribution < 1.29 is 19.4 Å². The Bertz CT molecular complexity index is 401. The fourth-order valence-corrected chi connectivity index (χ4v) is 2.82. The average Bonchev–Trinajstić information content (AvgIpc) is 1.99. The van der Waals surface area contributed by atoms with Crippen LogP contribution in [0, 0.1) is 0 Å². The van der Waals surface area contributed by atoms with Gasteiger partial charge in [0.2, 0.25) is 0 Å². The predicted molar refractivity (Wildman–Crippen MR) is 55.5 cm³/mol. The predicted octanol–water partition coefficient (Wildman–Crippen LogP) is 5.89. The van der Waals surface area contributed by atoms with Gasteiger partial charge in [0, 0.05) is 10.4 Å². The monoisotopic (exact) mass is 330 g/mol. The van der Waals surface area contributed by atoms with E-state index >= 15 is 0 Å². The summed E-state index contributed by atoms with van der Waals surface area (Å²) in [6.45, 7) is 0. The van der Waals surface area contributed by atoms with E-state index in [1.807, 2.05) is 0 Å². The Kier molecular flexibility index (Phi) is 2.62. The fourth-order valence-electron chi connectivity index (χ4n) is 1.03. The maximum absolute atomic E-state index is 12.5. The zero-order valence-electron chi connectivity index (χ0n) is 6.99. The summed E-state index contributed by atoms with van der Waals surface area (Å²) in [5.41, 5.74) is -0.568. The molecule has 1 rings (SSSR count). The molecule has 0 aliphatic heterocycles. The van der Waals surface area contributed by atoms with Crippen molar-refractivity contribution in [3.8, 4) is 0 Å². The third-order valence-electron chi connectivity index (χ3n) is 1.58. The first kappa shape index (κ1) is 13.1. The lowest BCUT2D eigenvalue weighted by Gasteiger charge is -2.41. The van der Waals surface area contributed by atoms with Crippen LogP contribution < -0.4 is 0 Å². The molecule has 0 heterocycles. The van der Waals surface area contributed by atoms with E-state index in [0.717, 1.165) is 12.1 Å². The van der Waals surface area contributed by atoms with Crippen molar-refractivity contribution >= 4 is 37.8 Å². The van der Waals surface area contributed by atoms with Crippen LogP contribution in [0.25, 0.3) is 0 Å². The molecule has 0 bridgehead atoms. The molecule has 0 atom stereocenters. The van der Waals surface area contributed by atoms with Gasteiger partial charge < -0.3 is 0 Å². The van der Waals surface area contributed by atoms with Gasteiger partial charge in [0.1, 0.15) is 4.90 Å². The molecule has 88 valence electrons. The van der Waals surface area contributed by atoms with Crippen molar-refractivity contribution in [3.63, 3.8) is 0 Å². The molecular weight excluding hydrogens is 326 g/mol. The van der Waals surface area contributed by atoms with Crippen molar-refractivity contribution in [1.29, 1.82) is 0 Å². The Balaban J connectivity index is 3.54. The summed E-state index contributed by atoms with van der Waals surface area (Å²) in [4.78, 5) is -1.89. The second-order valence-corrected chi connectivity index (χ2v) is 6.23. The van der Waals surface area contributed by atoms with Crippen LogP contribution in [0.5, 0.6) is 0 Å². The van der Waals surface area contributed by atoms with Crippen LogP contribution in [0.2, 0.25) is 5.02 Å². The first-order chi connectivity index (χ1) is 6.44. The van der Waals surface area contributed by atoms with E-state index in [1.54, 1.807) is 0 Å². The van der Waals surface area contributed by atoms with E-state index in [2.05, 4.69) is 15.9 Å². The van der Waals surface area contributed by atoms with Crippen LogP contribution in [-0.2, 0) is 5.33 Å². The number of hydrogen-bond acceptors (Lipinski definition) is 0. The van der Waals surface area contributed by atoms with Crippen LogP contribution in [0.4, 0.5) is 19.4 Å². The Labute approximate surface area is 96.3 Å². The SMILES string of the molecule is FS(F)(F)(F)(F)c1ccc(Cl)cc1CBr. The number of halogens is 7. The molecule has 0 saturated heterocycles. The summed E-state index contributed by atoms with van der Waals surface area (Å²) in [5, 5.41) is -0.357. The van der Waals surface area contributed by atoms with Gasteiger partial charge in [-0.25, -0.2) is 0 Å². The Hall–Kier alpha value is -0.0100. The number of hydrogen-bond donors (Lipinski definition) is 0. The molecule has 0 aromatic heterocycles. The van der Waals surface area contributed by atoms with E-state index < -0.39 is 20.7 Å². The van der Waals surface area contributed by atoms with Crippen molar-refractivity contribution in [2.24, 2.45) is 0 Å². The molecule has 0 saturated carbocycles. The van der Waals surface area contributed by atoms with E-state index in [0.29, 0.717) is 6.07 Å². The highest BCUT2D eigenvalue weighted by Gasteiger charge is 2.66. The molecule has 0 nitrogen and oxygen atoms in total. The molecule has 0 amide bonds. The van der Waals surface area contributed by atoms with Crippen LogP contribution in [-0.4, -0.2) is 0 Å². The highest BCUT2D eigenvalue weighted by molar-refractivity contribution is 9.08. The first-order valence-electron chi connectivity index (χ1n) is 3.52. The largest absolute Gasteiger partial charge is 0.310 e. The molecule has 0 radical (unpaired) electrons. The van der Waals surface area contributed by atoms with Gasteiger partial charge in [0.05, 0.1) is 0 Å². The number of benzene rings is 1. The van der Waals surface area contributed by atoms with Gasteiger partial charge in [0.15, 0.2) is 0 Å². The molecule has 8 heteroatoms. The highest BCUT2D eigenvalue weighted by Crippen LogP contribution is 3.02. The van der Waals surface area contributed by atoms with Crippen LogP contribution in [0.15, 0.2) is 23.1 Å². The minimum absolute atomic E-state index is 0.0185. The van der Waals surface area contributed by atoms with Crippen LogP contribution >= 0.6 is 37.8 Å². The van der Waals surface area contributed by atoms with Gasteiger partial charge in [-0.3, -0.25) is 0 Å². The number of alkyl halides is 1. The summed E-state index contributed by atoms with van der Waals surface area (Å²) in [6.07, 6.45) is 0. The second kappa shape index (κ2) is 3.01. The zero-order chi connectivity index (χ0) is 12.0. The van der Waals surface area contributed by atoms with Gasteiger partial charge in [-0.1, -0.05) is 47.0 Å². The lowest BCUT2D eigenvalue weighted by Crippen LogP contribution is -2.08. The summed E-state index contributed by atoms with van der Waals surface area (Å²) in [6, 6.07) is 1.96. The summed E-state index contributed by atoms with van der Waals surface area (Å²) >= 11 is 8.13. The quantitative estimate of drug-likeness (QED) is 0.468. The fraction of sp³-hybridized carbons (Fsp3) is 0.143. The van der Waals surface area contributed by atoms with Gasteiger partial charge in [-0.15, -0.1) is 0 Å². The highest BCUT2D eigenvalue weighted by atomic mass is 79.9. The summed E-state index contributed by atoms with van der Waals surface area (Å²) in [5.74, 6) is 0. The standard InChI is InChI=1S/C7H5BrClF5S/c8-4-5-3-6(9)1-2-7(5)15(10,11,12,13)14/h1-3H,4H2. The molecule has 0 N–H and O–H groups in total. The van der Waals surface area contributed by atoms with Crippen LogP contribution in [0.3, 0.4) is 0 Å². The van der Waals surface area contributed by atoms with Gasteiger partial charge in [-0.05, 0) is 23.8 Å². The van der Waals surface area contributed by atoms with Gasteiger partial charge in [0.25, 0.3) is 0 Å². The lowest BCUT2D eigenvalue weighted by molar-refractivity contribution is 0.363. The summed E-state index contributed by atoms with van der Waals surface area (Å²) in [7, 11) is -9.61. The number of rotatable bonds is 2. The zero-order valence-corrected chi connectivity index (χ0v) is 10.2. The molecule has 0 aliphatic rings. The summed E-state index contributed by atoms with van der Waals surface area (Å²) < 4.78 is 62.3. The molecule has 1 aromatic carbocycles. The van der Waals surface area contributed by atoms with E-state index in [9.17, 15) is 19.4 Å². The van der Waals surface area contributed by atoms with E-state index in [4.69, 9.17) is 11.6 Å². The smallest absolute Gasteiger partial charge is 0.0936 e. The minimum atomic E-state index is -9.61. The van der Waals surface area contributed by atoms with Crippen molar-refractivity contribution in [3.05, 3.63) is 28.8 Å². The van der Waals surface area contributed by atoms with Crippen molar-refractivity contribution in [2.45, 2.75) is 10.2 Å². The average molecular weight is 332 g/mol. The molecular formula is C7H5BrClF5S. The minimum Gasteiger partial charge on any atom is -0.0936 e. The molecule has 0 aliphatic carbocycles. The van der Waals surface area contributed by atoms with Gasteiger partial charge >= 0.3 is 10.2 Å². The van der Waals surface area contributed by atoms with E-state index in [-0.39, 0.29) is 10.4 Å².